The van der Waals surface area contributed by atoms with E-state index in [9.17, 15) is 19.5 Å². The van der Waals surface area contributed by atoms with Crippen LogP contribution in [0.1, 0.15) is 181 Å². The third-order valence-electron chi connectivity index (χ3n) is 10.5. The summed E-state index contributed by atoms with van der Waals surface area (Å²) >= 11 is 0. The zero-order valence-corrected chi connectivity index (χ0v) is 43.0. The normalized spacial score (nSPS) is 13.7. The molecule has 0 radical (unpaired) electrons. The Bertz CT molecular complexity index is 1460. The van der Waals surface area contributed by atoms with E-state index in [-0.39, 0.29) is 38.6 Å². The molecule has 380 valence electrons. The molecule has 0 aliphatic rings. The maximum absolute atomic E-state index is 12.8. The first kappa shape index (κ1) is 63.0. The van der Waals surface area contributed by atoms with Crippen molar-refractivity contribution in [3.8, 4) is 0 Å². The van der Waals surface area contributed by atoms with Crippen LogP contribution in [0.5, 0.6) is 0 Å². The van der Waals surface area contributed by atoms with Gasteiger partial charge in [0.15, 0.2) is 12.4 Å². The van der Waals surface area contributed by atoms with Crippen LogP contribution in [0.4, 0.5) is 0 Å². The number of aliphatic carboxylic acids is 1. The van der Waals surface area contributed by atoms with Gasteiger partial charge in [-0.2, -0.15) is 0 Å². The molecule has 0 saturated carbocycles. The van der Waals surface area contributed by atoms with Gasteiger partial charge in [-0.1, -0.05) is 194 Å². The Morgan fingerprint density at radius 2 is 0.851 bits per heavy atom. The highest BCUT2D eigenvalue weighted by Gasteiger charge is 2.21. The lowest BCUT2D eigenvalue weighted by Gasteiger charge is -2.26. The van der Waals surface area contributed by atoms with Crippen molar-refractivity contribution < 1.29 is 42.9 Å². The van der Waals surface area contributed by atoms with Crippen molar-refractivity contribution in [2.75, 3.05) is 47.5 Å². The number of allylic oxidation sites excluding steroid dienone is 18. The van der Waals surface area contributed by atoms with Crippen LogP contribution < -0.4 is 5.11 Å². The van der Waals surface area contributed by atoms with Gasteiger partial charge in [-0.05, 0) is 83.5 Å². The molecule has 0 spiro atoms. The monoisotopic (exact) mass is 934 g/mol. The fourth-order valence-electron chi connectivity index (χ4n) is 6.53. The van der Waals surface area contributed by atoms with E-state index in [1.807, 2.05) is 21.1 Å². The predicted octanol–water partition coefficient (Wildman–Crippen LogP) is 13.4. The van der Waals surface area contributed by atoms with E-state index < -0.39 is 24.3 Å². The average Bonchev–Trinajstić information content (AvgIpc) is 3.29. The molecule has 2 unspecified atom stereocenters. The Hall–Kier alpha value is -4.05. The number of rotatable bonds is 46. The number of hydrogen-bond acceptors (Lipinski definition) is 8. The van der Waals surface area contributed by atoms with Crippen LogP contribution in [-0.4, -0.2) is 82.3 Å². The zero-order valence-electron chi connectivity index (χ0n) is 43.0. The second-order valence-corrected chi connectivity index (χ2v) is 18.1. The number of carbonyl (C=O) groups excluding carboxylic acids is 3. The average molecular weight is 934 g/mol. The van der Waals surface area contributed by atoms with E-state index in [0.29, 0.717) is 17.4 Å². The van der Waals surface area contributed by atoms with Crippen molar-refractivity contribution in [2.45, 2.75) is 193 Å². The quantitative estimate of drug-likeness (QED) is 0.0195. The Morgan fingerprint density at radius 3 is 1.27 bits per heavy atom. The van der Waals surface area contributed by atoms with Crippen LogP contribution in [0, 0.1) is 0 Å². The third-order valence-corrected chi connectivity index (χ3v) is 10.5. The first-order chi connectivity index (χ1) is 32.6. The van der Waals surface area contributed by atoms with Gasteiger partial charge in [0.25, 0.3) is 0 Å². The molecule has 0 N–H and O–H groups in total. The minimum atomic E-state index is -1.63. The third kappa shape index (κ3) is 49.7. The van der Waals surface area contributed by atoms with Gasteiger partial charge in [0.2, 0.25) is 0 Å². The van der Waals surface area contributed by atoms with Gasteiger partial charge in [-0.25, -0.2) is 0 Å². The number of likely N-dealkylation sites (N-methyl/N-ethyl adjacent to an activating group) is 1. The molecule has 0 aromatic heterocycles. The van der Waals surface area contributed by atoms with Gasteiger partial charge < -0.3 is 33.3 Å². The fourth-order valence-corrected chi connectivity index (χ4v) is 6.53. The van der Waals surface area contributed by atoms with E-state index in [1.54, 1.807) is 0 Å². The van der Waals surface area contributed by atoms with Gasteiger partial charge in [0, 0.05) is 12.8 Å². The molecule has 0 aromatic carbocycles. The van der Waals surface area contributed by atoms with E-state index >= 15 is 0 Å². The molecule has 0 amide bonds. The Kier molecular flexibility index (Phi) is 45.5. The first-order valence-corrected chi connectivity index (χ1v) is 26.0. The number of esters is 2. The lowest BCUT2D eigenvalue weighted by atomic mass is 10.1. The van der Waals surface area contributed by atoms with Gasteiger partial charge >= 0.3 is 11.9 Å². The van der Waals surface area contributed by atoms with E-state index in [4.69, 9.17) is 18.9 Å². The molecule has 0 aliphatic heterocycles. The zero-order chi connectivity index (χ0) is 49.2. The molecule has 0 saturated heterocycles. The molecule has 0 rings (SSSR count). The van der Waals surface area contributed by atoms with Crippen molar-refractivity contribution >= 4 is 17.9 Å². The van der Waals surface area contributed by atoms with Gasteiger partial charge in [-0.3, -0.25) is 9.59 Å². The number of unbranched alkanes of at least 4 members (excludes halogenated alkanes) is 13. The number of carboxylic acids is 1. The number of ether oxygens (including phenoxy) is 4. The van der Waals surface area contributed by atoms with Gasteiger partial charge in [0.05, 0.1) is 40.3 Å². The van der Waals surface area contributed by atoms with Crippen LogP contribution in [0.2, 0.25) is 0 Å². The molecule has 9 heteroatoms. The summed E-state index contributed by atoms with van der Waals surface area (Å²) in [5.74, 6) is -2.34. The van der Waals surface area contributed by atoms with Crippen molar-refractivity contribution in [3.05, 3.63) is 109 Å². The summed E-state index contributed by atoms with van der Waals surface area (Å²) < 4.78 is 22.5. The van der Waals surface area contributed by atoms with Crippen molar-refractivity contribution in [3.63, 3.8) is 0 Å². The number of carboxylic acid groups (broad SMARTS) is 1. The molecule has 0 aromatic rings. The molecular weight excluding hydrogens is 839 g/mol. The lowest BCUT2D eigenvalue weighted by molar-refractivity contribution is -0.870. The first-order valence-electron chi connectivity index (χ1n) is 26.0. The topological polar surface area (TPSA) is 111 Å². The minimum Gasteiger partial charge on any atom is -0.545 e. The summed E-state index contributed by atoms with van der Waals surface area (Å²) in [6, 6.07) is 0. The molecule has 9 nitrogen and oxygen atoms in total. The number of hydrogen-bond donors (Lipinski definition) is 0. The maximum Gasteiger partial charge on any atom is 0.306 e. The standard InChI is InChI=1S/C58H95NO8/c1-6-8-10-12-14-16-18-19-20-21-22-23-24-25-26-27-28-29-30-31-32-33-34-35-36-37-39-41-43-45-47-49-56(61)67-54(53-66-58(57(62)63)64-51-50-59(3,4)5)52-65-55(60)48-46-44-42-40-38-17-15-13-11-9-7-2/h8,10,14,16,19-20,22-23,25-26,28-29,31-32,34-35,37,39,54,58H,6-7,9,11-13,15,17-18,21,24,27,30,33,36,38,40-53H2,1-5H3/b10-8-,16-14-,20-19-,23-22-,26-25-,29-28-,32-31-,35-34-,39-37-. The minimum absolute atomic E-state index is 0.136. The molecule has 0 fully saturated rings. The number of quaternary nitrogens is 1. The highest BCUT2D eigenvalue weighted by atomic mass is 16.7. The van der Waals surface area contributed by atoms with E-state index in [0.717, 1.165) is 96.3 Å². The summed E-state index contributed by atoms with van der Waals surface area (Å²) in [5.41, 5.74) is 0. The van der Waals surface area contributed by atoms with E-state index in [1.165, 1.54) is 51.4 Å². The molecule has 0 bridgehead atoms. The summed E-state index contributed by atoms with van der Waals surface area (Å²) in [6.45, 7) is 4.55. The SMILES string of the molecule is CC/C=C\C/C=C\C/C=C\C/C=C\C/C=C\C/C=C\C/C=C\C/C=C\C/C=C\CCCCCC(=O)OC(COC(=O)CCCCCCCCCCCCC)COC(OCC[N+](C)(C)C)C(=O)[O-]. The second-order valence-electron chi connectivity index (χ2n) is 18.1. The molecule has 0 aliphatic carbocycles. The van der Waals surface area contributed by atoms with Crippen LogP contribution >= 0.6 is 0 Å². The van der Waals surface area contributed by atoms with Crippen molar-refractivity contribution in [1.29, 1.82) is 0 Å². The Labute approximate surface area is 409 Å². The van der Waals surface area contributed by atoms with Crippen molar-refractivity contribution in [2.24, 2.45) is 0 Å². The highest BCUT2D eigenvalue weighted by molar-refractivity contribution is 5.70. The summed E-state index contributed by atoms with van der Waals surface area (Å²) in [7, 11) is 5.89. The molecule has 67 heavy (non-hydrogen) atoms. The summed E-state index contributed by atoms with van der Waals surface area (Å²) in [4.78, 5) is 37.0. The largest absolute Gasteiger partial charge is 0.545 e. The predicted molar refractivity (Wildman–Crippen MR) is 278 cm³/mol. The summed E-state index contributed by atoms with van der Waals surface area (Å²) in [6.07, 6.45) is 62.8. The number of carbonyl (C=O) groups is 3. The Balaban J connectivity index is 4.35. The van der Waals surface area contributed by atoms with Crippen LogP contribution in [0.3, 0.4) is 0 Å². The fraction of sp³-hybridized carbons (Fsp3) is 0.638. The summed E-state index contributed by atoms with van der Waals surface area (Å²) in [5, 5.41) is 11.7. The van der Waals surface area contributed by atoms with Gasteiger partial charge in [-0.15, -0.1) is 0 Å². The lowest BCUT2D eigenvalue weighted by Crippen LogP contribution is -2.44. The van der Waals surface area contributed by atoms with Crippen LogP contribution in [-0.2, 0) is 33.3 Å². The molecule has 2 atom stereocenters. The molecule has 0 heterocycles. The van der Waals surface area contributed by atoms with Crippen molar-refractivity contribution in [1.82, 2.24) is 0 Å². The van der Waals surface area contributed by atoms with Crippen LogP contribution in [0.15, 0.2) is 109 Å². The van der Waals surface area contributed by atoms with Gasteiger partial charge in [0.1, 0.15) is 13.2 Å². The maximum atomic E-state index is 12.8. The molecular formula is C58H95NO8. The number of nitrogens with zero attached hydrogens (tertiary/aromatic N) is 1. The smallest absolute Gasteiger partial charge is 0.306 e. The van der Waals surface area contributed by atoms with E-state index in [2.05, 4.69) is 123 Å². The van der Waals surface area contributed by atoms with Crippen LogP contribution in [0.25, 0.3) is 0 Å². The second kappa shape index (κ2) is 48.4. The highest BCUT2D eigenvalue weighted by Crippen LogP contribution is 2.13. The Morgan fingerprint density at radius 1 is 0.463 bits per heavy atom.